The van der Waals surface area contributed by atoms with Gasteiger partial charge in [-0.1, -0.05) is 12.1 Å². The molecule has 1 fully saturated rings. The average molecular weight is 365 g/mol. The summed E-state index contributed by atoms with van der Waals surface area (Å²) in [6.07, 6.45) is 3.42. The Kier molecular flexibility index (Phi) is 4.58. The van der Waals surface area contributed by atoms with Crippen LogP contribution in [-0.4, -0.2) is 47.1 Å². The topological polar surface area (TPSA) is 56.7 Å². The van der Waals surface area contributed by atoms with E-state index in [0.29, 0.717) is 13.1 Å². The largest absolute Gasteiger partial charge is 0.508 e. The van der Waals surface area contributed by atoms with Crippen LogP contribution >= 0.6 is 11.3 Å². The summed E-state index contributed by atoms with van der Waals surface area (Å²) in [5.41, 5.74) is 2.03. The number of rotatable bonds is 3. The van der Waals surface area contributed by atoms with E-state index in [0.717, 1.165) is 34.0 Å². The molecule has 0 bridgehead atoms. The van der Waals surface area contributed by atoms with Gasteiger partial charge in [-0.05, 0) is 42.5 Å². The molecule has 0 spiro atoms. The summed E-state index contributed by atoms with van der Waals surface area (Å²) in [6.45, 7) is 2.94. The number of hydrogen-bond acceptors (Lipinski definition) is 5. The lowest BCUT2D eigenvalue weighted by atomic mass is 10.2. The van der Waals surface area contributed by atoms with Gasteiger partial charge in [0.15, 0.2) is 0 Å². The van der Waals surface area contributed by atoms with E-state index < -0.39 is 0 Å². The maximum atomic E-state index is 12.4. The summed E-state index contributed by atoms with van der Waals surface area (Å²) in [5, 5.41) is 10.2. The summed E-state index contributed by atoms with van der Waals surface area (Å²) in [6, 6.07) is 15.2. The number of anilines is 1. The molecule has 132 valence electrons. The number of hydrogen-bond donors (Lipinski definition) is 1. The van der Waals surface area contributed by atoms with Crippen LogP contribution in [0.25, 0.3) is 16.3 Å². The van der Waals surface area contributed by atoms with Gasteiger partial charge < -0.3 is 14.9 Å². The lowest BCUT2D eigenvalue weighted by molar-refractivity contribution is -0.126. The monoisotopic (exact) mass is 365 g/mol. The summed E-state index contributed by atoms with van der Waals surface area (Å²) >= 11 is 1.59. The highest BCUT2D eigenvalue weighted by molar-refractivity contribution is 7.19. The van der Waals surface area contributed by atoms with Crippen LogP contribution in [0.15, 0.2) is 54.6 Å². The lowest BCUT2D eigenvalue weighted by Crippen LogP contribution is -2.48. The van der Waals surface area contributed by atoms with Crippen molar-refractivity contribution in [3.63, 3.8) is 0 Å². The fourth-order valence-electron chi connectivity index (χ4n) is 3.06. The van der Waals surface area contributed by atoms with Gasteiger partial charge in [0.05, 0.1) is 10.2 Å². The highest BCUT2D eigenvalue weighted by atomic mass is 32.1. The number of fused-ring (bicyclic) bond motifs is 1. The zero-order valence-corrected chi connectivity index (χ0v) is 15.0. The molecule has 1 saturated heterocycles. The third-order valence-corrected chi connectivity index (χ3v) is 5.49. The van der Waals surface area contributed by atoms with Crippen molar-refractivity contribution in [2.75, 3.05) is 31.1 Å². The molecule has 0 radical (unpaired) electrons. The summed E-state index contributed by atoms with van der Waals surface area (Å²) < 4.78 is 1.13. The second-order valence-corrected chi connectivity index (χ2v) is 7.24. The van der Waals surface area contributed by atoms with Crippen molar-refractivity contribution in [1.29, 1.82) is 0 Å². The van der Waals surface area contributed by atoms with Crippen LogP contribution in [0, 0.1) is 0 Å². The fraction of sp³-hybridized carbons (Fsp3) is 0.200. The minimum absolute atomic E-state index is 0.0228. The number of aromatic hydroxyl groups is 1. The standard InChI is InChI=1S/C20H19N3O2S/c24-16-7-5-15(6-8-16)22-11-13-23(14-12-22)20(25)10-9-19-21-17-3-1-2-4-18(17)26-19/h1-10,24H,11-14H2/b10-9+. The molecule has 5 nitrogen and oxygen atoms in total. The van der Waals surface area contributed by atoms with Crippen LogP contribution < -0.4 is 4.90 Å². The first-order valence-electron chi connectivity index (χ1n) is 8.55. The van der Waals surface area contributed by atoms with Crippen LogP contribution in [0.1, 0.15) is 5.01 Å². The van der Waals surface area contributed by atoms with Crippen molar-refractivity contribution in [1.82, 2.24) is 9.88 Å². The first-order chi connectivity index (χ1) is 12.7. The molecule has 1 aliphatic rings. The number of amides is 1. The first-order valence-corrected chi connectivity index (χ1v) is 9.37. The van der Waals surface area contributed by atoms with Crippen LogP contribution in [-0.2, 0) is 4.79 Å². The molecule has 1 aliphatic heterocycles. The molecular formula is C20H19N3O2S. The van der Waals surface area contributed by atoms with Crippen LogP contribution in [0.4, 0.5) is 5.69 Å². The molecule has 2 aromatic carbocycles. The zero-order valence-electron chi connectivity index (χ0n) is 14.2. The number of carbonyl (C=O) groups excluding carboxylic acids is 1. The van der Waals surface area contributed by atoms with Gasteiger partial charge in [0.1, 0.15) is 10.8 Å². The van der Waals surface area contributed by atoms with Crippen LogP contribution in [0.5, 0.6) is 5.75 Å². The Balaban J connectivity index is 1.36. The van der Waals surface area contributed by atoms with Gasteiger partial charge in [-0.15, -0.1) is 11.3 Å². The molecule has 0 aliphatic carbocycles. The predicted molar refractivity (Wildman–Crippen MR) is 106 cm³/mol. The third kappa shape index (κ3) is 3.55. The van der Waals surface area contributed by atoms with E-state index in [9.17, 15) is 9.90 Å². The van der Waals surface area contributed by atoms with Crippen molar-refractivity contribution in [3.05, 3.63) is 59.6 Å². The second kappa shape index (κ2) is 7.17. The molecular weight excluding hydrogens is 346 g/mol. The summed E-state index contributed by atoms with van der Waals surface area (Å²) in [5.74, 6) is 0.289. The van der Waals surface area contributed by atoms with Gasteiger partial charge in [-0.2, -0.15) is 0 Å². The van der Waals surface area contributed by atoms with E-state index in [1.807, 2.05) is 41.3 Å². The number of phenolic OH excluding ortho intramolecular Hbond substituents is 1. The molecule has 1 amide bonds. The number of thiazole rings is 1. The molecule has 0 unspecified atom stereocenters. The molecule has 6 heteroatoms. The molecule has 0 saturated carbocycles. The molecule has 3 aromatic rings. The number of carbonyl (C=O) groups is 1. The van der Waals surface area contributed by atoms with Gasteiger partial charge in [-0.3, -0.25) is 4.79 Å². The van der Waals surface area contributed by atoms with Gasteiger partial charge in [0.25, 0.3) is 0 Å². The Labute approximate surface area is 155 Å². The Morgan fingerprint density at radius 1 is 1.04 bits per heavy atom. The van der Waals surface area contributed by atoms with E-state index in [4.69, 9.17) is 0 Å². The van der Waals surface area contributed by atoms with E-state index >= 15 is 0 Å². The normalized spacial score (nSPS) is 15.1. The highest BCUT2D eigenvalue weighted by Gasteiger charge is 2.19. The fourth-order valence-corrected chi connectivity index (χ4v) is 3.93. The van der Waals surface area contributed by atoms with Crippen molar-refractivity contribution < 1.29 is 9.90 Å². The van der Waals surface area contributed by atoms with Gasteiger partial charge >= 0.3 is 0 Å². The summed E-state index contributed by atoms with van der Waals surface area (Å²) in [7, 11) is 0. The number of benzene rings is 2. The quantitative estimate of drug-likeness (QED) is 0.723. The van der Waals surface area contributed by atoms with Crippen molar-refractivity contribution in [2.45, 2.75) is 0 Å². The second-order valence-electron chi connectivity index (χ2n) is 6.18. The molecule has 4 rings (SSSR count). The van der Waals surface area contributed by atoms with Gasteiger partial charge in [-0.25, -0.2) is 4.98 Å². The van der Waals surface area contributed by atoms with E-state index in [1.54, 1.807) is 35.6 Å². The van der Waals surface area contributed by atoms with Crippen LogP contribution in [0.3, 0.4) is 0 Å². The average Bonchev–Trinajstić information content (AvgIpc) is 3.10. The predicted octanol–water partition coefficient (Wildman–Crippen LogP) is 3.36. The van der Waals surface area contributed by atoms with Gasteiger partial charge in [0.2, 0.25) is 5.91 Å². The van der Waals surface area contributed by atoms with Gasteiger partial charge in [0, 0.05) is 37.9 Å². The maximum Gasteiger partial charge on any atom is 0.246 e. The third-order valence-electron chi connectivity index (χ3n) is 4.49. The molecule has 2 heterocycles. The van der Waals surface area contributed by atoms with Crippen molar-refractivity contribution in [3.8, 4) is 5.75 Å². The minimum atomic E-state index is 0.0228. The molecule has 0 atom stereocenters. The summed E-state index contributed by atoms with van der Waals surface area (Å²) in [4.78, 5) is 21.0. The van der Waals surface area contributed by atoms with E-state index in [1.165, 1.54) is 0 Å². The lowest BCUT2D eigenvalue weighted by Gasteiger charge is -2.35. The SMILES string of the molecule is O=C(/C=C/c1nc2ccccc2s1)N1CCN(c2ccc(O)cc2)CC1. The van der Waals surface area contributed by atoms with Crippen LogP contribution in [0.2, 0.25) is 0 Å². The molecule has 1 N–H and O–H groups in total. The number of para-hydroxylation sites is 1. The maximum absolute atomic E-state index is 12.4. The van der Waals surface area contributed by atoms with Crippen molar-refractivity contribution in [2.24, 2.45) is 0 Å². The number of phenols is 1. The Morgan fingerprint density at radius 3 is 2.50 bits per heavy atom. The first kappa shape index (κ1) is 16.6. The number of nitrogens with zero attached hydrogens (tertiary/aromatic N) is 3. The van der Waals surface area contributed by atoms with E-state index in [2.05, 4.69) is 9.88 Å². The zero-order chi connectivity index (χ0) is 17.9. The highest BCUT2D eigenvalue weighted by Crippen LogP contribution is 2.23. The number of aromatic nitrogens is 1. The minimum Gasteiger partial charge on any atom is -0.508 e. The van der Waals surface area contributed by atoms with E-state index in [-0.39, 0.29) is 11.7 Å². The molecule has 26 heavy (non-hydrogen) atoms. The Morgan fingerprint density at radius 2 is 1.77 bits per heavy atom. The smallest absolute Gasteiger partial charge is 0.246 e. The Bertz CT molecular complexity index is 908. The number of piperazine rings is 1. The molecule has 1 aromatic heterocycles. The Hall–Kier alpha value is -2.86. The van der Waals surface area contributed by atoms with Crippen molar-refractivity contribution >= 4 is 39.2 Å².